The van der Waals surface area contributed by atoms with Crippen LogP contribution in [0.25, 0.3) is 5.57 Å². The van der Waals surface area contributed by atoms with Gasteiger partial charge in [-0.3, -0.25) is 4.79 Å². The van der Waals surface area contributed by atoms with Gasteiger partial charge in [0.1, 0.15) is 0 Å². The summed E-state index contributed by atoms with van der Waals surface area (Å²) >= 11 is 0. The van der Waals surface area contributed by atoms with Crippen LogP contribution in [0.5, 0.6) is 5.75 Å². The fourth-order valence-corrected chi connectivity index (χ4v) is 5.17. The van der Waals surface area contributed by atoms with E-state index in [9.17, 15) is 19.4 Å². The number of hydrogen-bond acceptors (Lipinski definition) is 7. The number of aromatic nitrogens is 2. The maximum Gasteiger partial charge on any atom is 0.226 e. The number of nitrogens with zero attached hydrogens (tertiary/aromatic N) is 4. The number of benzene rings is 1. The first-order chi connectivity index (χ1) is 18.5. The van der Waals surface area contributed by atoms with Gasteiger partial charge < -0.3 is 24.7 Å². The van der Waals surface area contributed by atoms with Crippen LogP contribution in [0.1, 0.15) is 50.2 Å². The van der Waals surface area contributed by atoms with Crippen molar-refractivity contribution in [3.05, 3.63) is 53.6 Å². The van der Waals surface area contributed by atoms with E-state index in [1.807, 2.05) is 24.5 Å². The van der Waals surface area contributed by atoms with Gasteiger partial charge in [0, 0.05) is 44.5 Å². The largest absolute Gasteiger partial charge is 0.490 e. The minimum Gasteiger partial charge on any atom is -0.490 e. The summed E-state index contributed by atoms with van der Waals surface area (Å²) in [7, 11) is 0. The highest BCUT2D eigenvalue weighted by Gasteiger charge is 2.26. The first-order valence-electron chi connectivity index (χ1n) is 13.7. The summed E-state index contributed by atoms with van der Waals surface area (Å²) in [6.45, 7) is 4.46. The third kappa shape index (κ3) is 7.08. The van der Waals surface area contributed by atoms with Gasteiger partial charge >= 0.3 is 0 Å². The summed E-state index contributed by atoms with van der Waals surface area (Å²) in [6, 6.07) is 5.11. The standard InChI is InChI=1S/C29H39FN4O4/c1-2-21-18-31-29(32-19-21)34-11-9-22(10-12-34)20-38-27-8-7-25(17-26(27)30)23-3-5-24(6-4-23)28(37)33(13-15-35)14-16-36/h3,7-8,17-19,22,24,35-36H,2,4-6,9-16,20H2,1H3. The molecule has 0 bridgehead atoms. The Kier molecular flexibility index (Phi) is 10.1. The van der Waals surface area contributed by atoms with Crippen molar-refractivity contribution in [3.8, 4) is 5.75 Å². The Hall–Kier alpha value is -3.04. The van der Waals surface area contributed by atoms with Gasteiger partial charge in [-0.05, 0) is 73.3 Å². The van der Waals surface area contributed by atoms with E-state index in [0.717, 1.165) is 55.0 Å². The van der Waals surface area contributed by atoms with Crippen molar-refractivity contribution in [2.24, 2.45) is 11.8 Å². The lowest BCUT2D eigenvalue weighted by Gasteiger charge is -2.31. The lowest BCUT2D eigenvalue weighted by Crippen LogP contribution is -2.40. The summed E-state index contributed by atoms with van der Waals surface area (Å²) in [5.74, 6) is 0.780. The number of carbonyl (C=O) groups is 1. The Bertz CT molecular complexity index is 1080. The summed E-state index contributed by atoms with van der Waals surface area (Å²) in [4.78, 5) is 25.4. The van der Waals surface area contributed by atoms with E-state index in [0.29, 0.717) is 31.8 Å². The summed E-state index contributed by atoms with van der Waals surface area (Å²) < 4.78 is 20.8. The average molecular weight is 527 g/mol. The molecule has 1 aromatic heterocycles. The zero-order valence-corrected chi connectivity index (χ0v) is 22.2. The van der Waals surface area contributed by atoms with Gasteiger partial charge in [0.2, 0.25) is 11.9 Å². The average Bonchev–Trinajstić information content (AvgIpc) is 2.96. The van der Waals surface area contributed by atoms with Crippen molar-refractivity contribution in [3.63, 3.8) is 0 Å². The van der Waals surface area contributed by atoms with Crippen LogP contribution in [0.2, 0.25) is 0 Å². The van der Waals surface area contributed by atoms with E-state index >= 15 is 0 Å². The SMILES string of the molecule is CCc1cnc(N2CCC(COc3ccc(C4=CCC(C(=O)N(CCO)CCO)CC4)cc3F)CC2)nc1. The molecule has 2 aliphatic rings. The zero-order chi connectivity index (χ0) is 26.9. The molecule has 4 rings (SSSR count). The molecule has 1 atom stereocenters. The second kappa shape index (κ2) is 13.7. The fourth-order valence-electron chi connectivity index (χ4n) is 5.17. The number of ether oxygens (including phenoxy) is 1. The number of piperidine rings is 1. The number of carbonyl (C=O) groups excluding carboxylic acids is 1. The van der Waals surface area contributed by atoms with Crippen molar-refractivity contribution in [2.45, 2.75) is 45.4 Å². The third-order valence-electron chi connectivity index (χ3n) is 7.59. The molecular formula is C29H39FN4O4. The first-order valence-corrected chi connectivity index (χ1v) is 13.7. The Morgan fingerprint density at radius 3 is 2.42 bits per heavy atom. The normalized spacial score (nSPS) is 18.3. The number of rotatable bonds is 11. The molecule has 206 valence electrons. The molecule has 1 aliphatic carbocycles. The Morgan fingerprint density at radius 2 is 1.84 bits per heavy atom. The molecule has 2 aromatic rings. The highest BCUT2D eigenvalue weighted by atomic mass is 19.1. The topological polar surface area (TPSA) is 99.0 Å². The molecule has 0 radical (unpaired) electrons. The molecule has 0 saturated carbocycles. The quantitative estimate of drug-likeness (QED) is 0.463. The van der Waals surface area contributed by atoms with Gasteiger partial charge in [-0.1, -0.05) is 19.1 Å². The predicted octanol–water partition coefficient (Wildman–Crippen LogP) is 3.47. The third-order valence-corrected chi connectivity index (χ3v) is 7.59. The molecule has 1 amide bonds. The minimum atomic E-state index is -0.375. The van der Waals surface area contributed by atoms with E-state index in [1.54, 1.807) is 6.07 Å². The van der Waals surface area contributed by atoms with Crippen molar-refractivity contribution >= 4 is 17.4 Å². The molecule has 2 heterocycles. The van der Waals surface area contributed by atoms with Gasteiger partial charge in [0.15, 0.2) is 11.6 Å². The zero-order valence-electron chi connectivity index (χ0n) is 22.2. The van der Waals surface area contributed by atoms with Gasteiger partial charge in [-0.2, -0.15) is 0 Å². The first kappa shape index (κ1) is 28.0. The van der Waals surface area contributed by atoms with Crippen LogP contribution >= 0.6 is 0 Å². The Morgan fingerprint density at radius 1 is 1.13 bits per heavy atom. The maximum atomic E-state index is 14.9. The second-order valence-corrected chi connectivity index (χ2v) is 10.1. The van der Waals surface area contributed by atoms with Gasteiger partial charge in [0.05, 0.1) is 19.8 Å². The van der Waals surface area contributed by atoms with Crippen LogP contribution in [0.3, 0.4) is 0 Å². The Labute approximate surface area is 224 Å². The smallest absolute Gasteiger partial charge is 0.226 e. The van der Waals surface area contributed by atoms with Crippen LogP contribution in [-0.4, -0.2) is 77.0 Å². The molecule has 0 spiro atoms. The van der Waals surface area contributed by atoms with E-state index in [4.69, 9.17) is 4.74 Å². The number of anilines is 1. The van der Waals surface area contributed by atoms with Gasteiger partial charge in [0.25, 0.3) is 0 Å². The van der Waals surface area contributed by atoms with Crippen LogP contribution in [0.4, 0.5) is 10.3 Å². The van der Waals surface area contributed by atoms with E-state index in [1.165, 1.54) is 11.0 Å². The molecule has 2 N–H and O–H groups in total. The molecule has 1 aromatic carbocycles. The molecule has 1 unspecified atom stereocenters. The summed E-state index contributed by atoms with van der Waals surface area (Å²) in [5, 5.41) is 18.4. The van der Waals surface area contributed by atoms with Gasteiger partial charge in [-0.25, -0.2) is 14.4 Å². The van der Waals surface area contributed by atoms with Crippen LogP contribution < -0.4 is 9.64 Å². The van der Waals surface area contributed by atoms with Crippen LogP contribution in [0, 0.1) is 17.7 Å². The number of amides is 1. The fraction of sp³-hybridized carbons (Fsp3) is 0.552. The summed E-state index contributed by atoms with van der Waals surface area (Å²) in [5.41, 5.74) is 2.96. The monoisotopic (exact) mass is 526 g/mol. The molecule has 1 aliphatic heterocycles. The minimum absolute atomic E-state index is 0.0499. The number of hydrogen-bond donors (Lipinski definition) is 2. The van der Waals surface area contributed by atoms with E-state index < -0.39 is 0 Å². The molecule has 1 saturated heterocycles. The highest BCUT2D eigenvalue weighted by Crippen LogP contribution is 2.33. The van der Waals surface area contributed by atoms with Crippen molar-refractivity contribution < 1.29 is 24.1 Å². The van der Waals surface area contributed by atoms with Crippen molar-refractivity contribution in [1.82, 2.24) is 14.9 Å². The molecule has 38 heavy (non-hydrogen) atoms. The molecule has 1 fully saturated rings. The van der Waals surface area contributed by atoms with Crippen molar-refractivity contribution in [1.29, 1.82) is 0 Å². The number of aliphatic hydroxyl groups is 2. The van der Waals surface area contributed by atoms with Gasteiger partial charge in [-0.15, -0.1) is 0 Å². The number of aliphatic hydroxyl groups excluding tert-OH is 2. The highest BCUT2D eigenvalue weighted by molar-refractivity contribution is 5.80. The van der Waals surface area contributed by atoms with Crippen LogP contribution in [0.15, 0.2) is 36.7 Å². The van der Waals surface area contributed by atoms with Crippen LogP contribution in [-0.2, 0) is 11.2 Å². The lowest BCUT2D eigenvalue weighted by molar-refractivity contribution is -0.136. The number of allylic oxidation sites excluding steroid dienone is 2. The number of aryl methyl sites for hydroxylation is 1. The Balaban J connectivity index is 1.26. The predicted molar refractivity (Wildman–Crippen MR) is 144 cm³/mol. The molecule has 8 nitrogen and oxygen atoms in total. The van der Waals surface area contributed by atoms with Crippen molar-refractivity contribution in [2.75, 3.05) is 50.9 Å². The molecule has 9 heteroatoms. The summed E-state index contributed by atoms with van der Waals surface area (Å²) in [6.07, 6.45) is 10.5. The lowest BCUT2D eigenvalue weighted by atomic mass is 9.85. The maximum absolute atomic E-state index is 14.9. The molecular weight excluding hydrogens is 487 g/mol. The number of halogens is 1. The second-order valence-electron chi connectivity index (χ2n) is 10.1. The van der Waals surface area contributed by atoms with E-state index in [-0.39, 0.29) is 49.7 Å². The van der Waals surface area contributed by atoms with E-state index in [2.05, 4.69) is 21.8 Å².